The summed E-state index contributed by atoms with van der Waals surface area (Å²) in [5.74, 6) is -0.479. The van der Waals surface area contributed by atoms with Crippen molar-refractivity contribution in [3.63, 3.8) is 0 Å². The van der Waals surface area contributed by atoms with Crippen LogP contribution in [0.5, 0.6) is 0 Å². The van der Waals surface area contributed by atoms with Gasteiger partial charge in [-0.1, -0.05) is 60.1 Å². The molecule has 1 heterocycles. The number of Topliss-reactive ketones (excluding diaryl/α,β-unsaturated/α-hetero) is 1. The van der Waals surface area contributed by atoms with Crippen LogP contribution in [0.15, 0.2) is 27.7 Å². The number of nitrogens with zero attached hydrogens (tertiary/aromatic N) is 3. The molecule has 0 spiro atoms. The molecule has 0 radical (unpaired) electrons. The van der Waals surface area contributed by atoms with E-state index in [2.05, 4.69) is 50.9 Å². The largest absolute Gasteiger partial charge is 0.416 e. The van der Waals surface area contributed by atoms with Crippen molar-refractivity contribution in [2.24, 2.45) is 50.6 Å². The number of allylic oxidation sites excluding steroid dienone is 4. The summed E-state index contributed by atoms with van der Waals surface area (Å²) in [6.45, 7) is 15.2. The van der Waals surface area contributed by atoms with Crippen molar-refractivity contribution >= 4 is 17.5 Å². The number of hydrogen-bond donors (Lipinski definition) is 1. The molecule has 0 saturated heterocycles. The Balaban J connectivity index is 1.46. The van der Waals surface area contributed by atoms with Gasteiger partial charge in [-0.2, -0.15) is 5.26 Å². The summed E-state index contributed by atoms with van der Waals surface area (Å²) in [7, 11) is 0. The van der Waals surface area contributed by atoms with Crippen LogP contribution in [0, 0.1) is 56.2 Å². The minimum Gasteiger partial charge on any atom is -0.416 e. The summed E-state index contributed by atoms with van der Waals surface area (Å²) in [6.07, 6.45) is 10.0. The Kier molecular flexibility index (Phi) is 5.66. The minimum absolute atomic E-state index is 0.00181. The Morgan fingerprint density at radius 2 is 1.71 bits per heavy atom. The summed E-state index contributed by atoms with van der Waals surface area (Å²) < 4.78 is 5.76. The summed E-state index contributed by atoms with van der Waals surface area (Å²) in [5.41, 5.74) is 4.48. The fourth-order valence-corrected chi connectivity index (χ4v) is 10.5. The van der Waals surface area contributed by atoms with Crippen LogP contribution in [0.4, 0.5) is 0 Å². The van der Waals surface area contributed by atoms with Crippen LogP contribution in [-0.4, -0.2) is 27.7 Å². The summed E-state index contributed by atoms with van der Waals surface area (Å²) in [5, 5.41) is 18.0. The Morgan fingerprint density at radius 3 is 2.34 bits per heavy atom. The van der Waals surface area contributed by atoms with E-state index in [1.54, 1.807) is 0 Å². The summed E-state index contributed by atoms with van der Waals surface area (Å²) >= 11 is 0. The number of nitriles is 1. The van der Waals surface area contributed by atoms with Crippen LogP contribution in [0.3, 0.4) is 0 Å². The molecule has 1 amide bonds. The second-order valence-corrected chi connectivity index (χ2v) is 15.6. The molecule has 5 aliphatic carbocycles. The fourth-order valence-electron chi connectivity index (χ4n) is 10.5. The molecule has 3 saturated carbocycles. The van der Waals surface area contributed by atoms with Crippen LogP contribution in [0.25, 0.3) is 0 Å². The van der Waals surface area contributed by atoms with E-state index in [1.807, 2.05) is 26.0 Å². The monoisotopic (exact) mass is 558 g/mol. The van der Waals surface area contributed by atoms with Crippen LogP contribution in [0.1, 0.15) is 110 Å². The predicted octanol–water partition coefficient (Wildman–Crippen LogP) is 5.64. The third kappa shape index (κ3) is 3.41. The van der Waals surface area contributed by atoms with Gasteiger partial charge in [0.1, 0.15) is 6.07 Å². The van der Waals surface area contributed by atoms with Gasteiger partial charge in [-0.25, -0.2) is 0 Å². The zero-order valence-corrected chi connectivity index (χ0v) is 25.4. The third-order valence-electron chi connectivity index (χ3n) is 13.2. The topological polar surface area (TPSA) is 140 Å². The molecule has 0 aliphatic heterocycles. The van der Waals surface area contributed by atoms with Gasteiger partial charge in [-0.3, -0.25) is 14.4 Å². The second-order valence-electron chi connectivity index (χ2n) is 15.6. The van der Waals surface area contributed by atoms with Gasteiger partial charge in [0.25, 0.3) is 0 Å². The van der Waals surface area contributed by atoms with Gasteiger partial charge < -0.3 is 10.2 Å². The van der Waals surface area contributed by atoms with Crippen LogP contribution in [0.2, 0.25) is 0 Å². The number of ketones is 2. The van der Waals surface area contributed by atoms with Gasteiger partial charge in [0.05, 0.1) is 5.57 Å². The average molecular weight is 559 g/mol. The smallest absolute Gasteiger partial charge is 0.306 e. The molecular formula is C33H42N4O4. The second kappa shape index (κ2) is 8.26. The molecule has 1 aromatic rings. The molecule has 5 aliphatic rings. The number of carbonyl (C=O) groups is 3. The Labute approximate surface area is 242 Å². The third-order valence-corrected chi connectivity index (χ3v) is 13.2. The lowest BCUT2D eigenvalue weighted by Crippen LogP contribution is -2.64. The molecule has 1 aromatic heterocycles. The average Bonchev–Trinajstić information content (AvgIpc) is 3.41. The van der Waals surface area contributed by atoms with Gasteiger partial charge in [-0.15, -0.1) is 10.2 Å². The highest BCUT2D eigenvalue weighted by Gasteiger charge is 2.69. The lowest BCUT2D eigenvalue weighted by atomic mass is 9.34. The van der Waals surface area contributed by atoms with E-state index >= 15 is 0 Å². The van der Waals surface area contributed by atoms with Crippen molar-refractivity contribution in [1.82, 2.24) is 10.2 Å². The number of nitrogens with two attached hydrogens (primary N) is 1. The van der Waals surface area contributed by atoms with Gasteiger partial charge in [0.15, 0.2) is 11.6 Å². The van der Waals surface area contributed by atoms with E-state index in [0.717, 1.165) is 50.5 Å². The predicted molar refractivity (Wildman–Crippen MR) is 151 cm³/mol. The Morgan fingerprint density at radius 1 is 1.02 bits per heavy atom. The van der Waals surface area contributed by atoms with Crippen molar-refractivity contribution in [2.45, 2.75) is 98.8 Å². The molecule has 3 fully saturated rings. The molecular weight excluding hydrogens is 516 g/mol. The number of primary amides is 1. The summed E-state index contributed by atoms with van der Waals surface area (Å²) in [6, 6.07) is 2.18. The number of fused-ring (bicyclic) bond motifs is 7. The number of aromatic nitrogens is 2. The van der Waals surface area contributed by atoms with E-state index in [0.29, 0.717) is 5.89 Å². The highest BCUT2D eigenvalue weighted by molar-refractivity contribution is 6.04. The van der Waals surface area contributed by atoms with Gasteiger partial charge >= 0.3 is 11.8 Å². The van der Waals surface area contributed by atoms with Gasteiger partial charge in [0, 0.05) is 22.2 Å². The van der Waals surface area contributed by atoms with E-state index in [-0.39, 0.29) is 57.0 Å². The molecule has 0 bridgehead atoms. The lowest BCUT2D eigenvalue weighted by molar-refractivity contribution is -0.166. The van der Waals surface area contributed by atoms with E-state index in [4.69, 9.17) is 10.2 Å². The van der Waals surface area contributed by atoms with Gasteiger partial charge in [-0.05, 0) is 79.1 Å². The molecule has 6 rings (SSSR count). The zero-order valence-electron chi connectivity index (χ0n) is 25.4. The van der Waals surface area contributed by atoms with Crippen molar-refractivity contribution in [1.29, 1.82) is 5.26 Å². The van der Waals surface area contributed by atoms with Crippen molar-refractivity contribution in [3.05, 3.63) is 35.1 Å². The van der Waals surface area contributed by atoms with Crippen LogP contribution in [-0.2, 0) is 15.0 Å². The first-order chi connectivity index (χ1) is 19.0. The summed E-state index contributed by atoms with van der Waals surface area (Å²) in [4.78, 5) is 39.5. The molecule has 3 unspecified atom stereocenters. The van der Waals surface area contributed by atoms with E-state index in [1.165, 1.54) is 0 Å². The number of hydrogen-bond acceptors (Lipinski definition) is 7. The maximum atomic E-state index is 14.5. The molecule has 2 N–H and O–H groups in total. The van der Waals surface area contributed by atoms with E-state index in [9.17, 15) is 19.6 Å². The fraction of sp³-hybridized carbons (Fsp3) is 0.697. The SMILES string of the molecule is CC1(c2nnc(C(N)=O)o2)CC[C@]2(C)CC[C@]3(C)C(C(=O)C=C4[C@@]5(C)C=C(C#N)C(=O)C(C)(C)C5CC[C@]43C)[C@@H]2C1. The first kappa shape index (κ1) is 28.1. The van der Waals surface area contributed by atoms with Gasteiger partial charge in [0.2, 0.25) is 5.89 Å². The first-order valence-corrected chi connectivity index (χ1v) is 15.0. The standard InChI is InChI=1S/C33H42N4O4/c1-28(2)21-8-9-32(6)22(31(21,5)15-18(17-34)24(28)39)14-20(38)23-19-16-30(4,27-37-36-26(41-27)25(35)40)11-10-29(19,3)12-13-33(23,32)7/h14-15,19,21,23H,8-13,16H2,1-7H3,(H2,35,40)/t19-,21?,23?,29+,30?,31-,32+,33+/m0/s1. The number of amides is 1. The number of rotatable bonds is 2. The van der Waals surface area contributed by atoms with Crippen molar-refractivity contribution < 1.29 is 18.8 Å². The molecule has 8 heteroatoms. The maximum absolute atomic E-state index is 14.5. The van der Waals surface area contributed by atoms with Crippen molar-refractivity contribution in [2.75, 3.05) is 0 Å². The Bertz CT molecular complexity index is 1500. The minimum atomic E-state index is -0.739. The van der Waals surface area contributed by atoms with Crippen molar-refractivity contribution in [3.8, 4) is 6.07 Å². The molecule has 41 heavy (non-hydrogen) atoms. The lowest BCUT2D eigenvalue weighted by Gasteiger charge is -2.69. The highest BCUT2D eigenvalue weighted by Crippen LogP contribution is 2.74. The normalized spacial score (nSPS) is 44.8. The zero-order chi connectivity index (χ0) is 30.0. The van der Waals surface area contributed by atoms with Crippen LogP contribution >= 0.6 is 0 Å². The number of carbonyl (C=O) groups excluding carboxylic acids is 3. The maximum Gasteiger partial charge on any atom is 0.306 e. The molecule has 8 atom stereocenters. The first-order valence-electron chi connectivity index (χ1n) is 15.0. The quantitative estimate of drug-likeness (QED) is 0.495. The van der Waals surface area contributed by atoms with E-state index < -0.39 is 22.2 Å². The Hall–Kier alpha value is -3.08. The van der Waals surface area contributed by atoms with Crippen LogP contribution < -0.4 is 5.73 Å². The molecule has 0 aromatic carbocycles. The highest BCUT2D eigenvalue weighted by atomic mass is 16.4. The molecule has 218 valence electrons. The molecule has 8 nitrogen and oxygen atoms in total.